The fraction of sp³-hybridized carbons (Fsp3) is 0.200. The van der Waals surface area contributed by atoms with E-state index in [1.54, 1.807) is 12.1 Å². The zero-order valence-corrected chi connectivity index (χ0v) is 10.8. The van der Waals surface area contributed by atoms with Gasteiger partial charge in [-0.2, -0.15) is 5.26 Å². The smallest absolute Gasteiger partial charge is 0.231 e. The standard InChI is InChI=1S/C10H10BrN3OS/c11-8-5-7(13)1-2-9(8)16-6-10(15)14-4-3-12/h1-2,5H,4,6,13H2,(H,14,15). The Kier molecular flexibility index (Phi) is 5.15. The summed E-state index contributed by atoms with van der Waals surface area (Å²) in [5, 5.41) is 10.8. The van der Waals surface area contributed by atoms with E-state index in [1.807, 2.05) is 12.1 Å². The van der Waals surface area contributed by atoms with E-state index >= 15 is 0 Å². The van der Waals surface area contributed by atoms with Gasteiger partial charge in [-0.3, -0.25) is 4.79 Å². The second-order valence-corrected chi connectivity index (χ2v) is 4.78. The summed E-state index contributed by atoms with van der Waals surface area (Å²) in [7, 11) is 0. The third-order valence-corrected chi connectivity index (χ3v) is 3.67. The number of hydrogen-bond donors (Lipinski definition) is 2. The van der Waals surface area contributed by atoms with Crippen molar-refractivity contribution in [1.29, 1.82) is 5.26 Å². The molecule has 1 aromatic carbocycles. The van der Waals surface area contributed by atoms with E-state index in [0.717, 1.165) is 9.37 Å². The molecule has 16 heavy (non-hydrogen) atoms. The summed E-state index contributed by atoms with van der Waals surface area (Å²) >= 11 is 4.76. The maximum Gasteiger partial charge on any atom is 0.231 e. The van der Waals surface area contributed by atoms with Crippen LogP contribution in [0, 0.1) is 11.3 Å². The summed E-state index contributed by atoms with van der Waals surface area (Å²) in [5.41, 5.74) is 6.27. The Labute approximate surface area is 106 Å². The second-order valence-electron chi connectivity index (χ2n) is 2.91. The highest BCUT2D eigenvalue weighted by Crippen LogP contribution is 2.28. The number of anilines is 1. The topological polar surface area (TPSA) is 78.9 Å². The predicted octanol–water partition coefficient (Wildman–Crippen LogP) is 1.76. The van der Waals surface area contributed by atoms with Crippen LogP contribution < -0.4 is 11.1 Å². The minimum Gasteiger partial charge on any atom is -0.399 e. The van der Waals surface area contributed by atoms with Crippen molar-refractivity contribution in [1.82, 2.24) is 5.32 Å². The number of thioether (sulfide) groups is 1. The lowest BCUT2D eigenvalue weighted by Gasteiger charge is -2.04. The van der Waals surface area contributed by atoms with E-state index in [9.17, 15) is 4.79 Å². The van der Waals surface area contributed by atoms with E-state index in [-0.39, 0.29) is 18.2 Å². The van der Waals surface area contributed by atoms with Crippen LogP contribution in [-0.2, 0) is 4.79 Å². The minimum absolute atomic E-state index is 0.0439. The van der Waals surface area contributed by atoms with Gasteiger partial charge in [0.25, 0.3) is 0 Å². The molecule has 3 N–H and O–H groups in total. The maximum atomic E-state index is 11.2. The van der Waals surface area contributed by atoms with Gasteiger partial charge < -0.3 is 11.1 Å². The number of nitriles is 1. The molecule has 0 aliphatic heterocycles. The molecule has 1 rings (SSSR count). The molecule has 1 aromatic rings. The van der Waals surface area contributed by atoms with Crippen LogP contribution in [0.25, 0.3) is 0 Å². The molecule has 0 saturated carbocycles. The molecule has 0 bridgehead atoms. The quantitative estimate of drug-likeness (QED) is 0.504. The molecule has 0 spiro atoms. The Morgan fingerprint density at radius 3 is 3.00 bits per heavy atom. The highest BCUT2D eigenvalue weighted by atomic mass is 79.9. The lowest BCUT2D eigenvalue weighted by molar-refractivity contribution is -0.118. The van der Waals surface area contributed by atoms with Crippen molar-refractivity contribution < 1.29 is 4.79 Å². The number of rotatable bonds is 4. The third-order valence-electron chi connectivity index (χ3n) is 1.68. The monoisotopic (exact) mass is 299 g/mol. The normalized spacial score (nSPS) is 9.50. The van der Waals surface area contributed by atoms with Gasteiger partial charge in [0.15, 0.2) is 0 Å². The molecule has 0 unspecified atom stereocenters. The number of amides is 1. The molecule has 0 aromatic heterocycles. The summed E-state index contributed by atoms with van der Waals surface area (Å²) in [6.45, 7) is 0.0439. The Bertz CT molecular complexity index is 431. The average Bonchev–Trinajstić information content (AvgIpc) is 2.25. The van der Waals surface area contributed by atoms with Gasteiger partial charge in [0.05, 0.1) is 11.8 Å². The molecule has 6 heteroatoms. The van der Waals surface area contributed by atoms with Crippen molar-refractivity contribution >= 4 is 39.3 Å². The third kappa shape index (κ3) is 4.13. The lowest BCUT2D eigenvalue weighted by atomic mass is 10.3. The van der Waals surface area contributed by atoms with Crippen molar-refractivity contribution in [2.24, 2.45) is 0 Å². The summed E-state index contributed by atoms with van der Waals surface area (Å²) in [6.07, 6.45) is 0. The van der Waals surface area contributed by atoms with Gasteiger partial charge in [-0.05, 0) is 34.1 Å². The molecule has 84 valence electrons. The van der Waals surface area contributed by atoms with Crippen molar-refractivity contribution in [3.05, 3.63) is 22.7 Å². The molecule has 0 atom stereocenters. The number of hydrogen-bond acceptors (Lipinski definition) is 4. The van der Waals surface area contributed by atoms with Gasteiger partial charge in [0.1, 0.15) is 6.54 Å². The van der Waals surface area contributed by atoms with Gasteiger partial charge >= 0.3 is 0 Å². The van der Waals surface area contributed by atoms with Crippen molar-refractivity contribution in [3.63, 3.8) is 0 Å². The van der Waals surface area contributed by atoms with E-state index in [2.05, 4.69) is 21.2 Å². The van der Waals surface area contributed by atoms with Crippen LogP contribution >= 0.6 is 27.7 Å². The van der Waals surface area contributed by atoms with E-state index in [0.29, 0.717) is 5.69 Å². The molecule has 0 radical (unpaired) electrons. The molecular weight excluding hydrogens is 290 g/mol. The number of nitrogens with two attached hydrogens (primary N) is 1. The van der Waals surface area contributed by atoms with Crippen LogP contribution in [0.2, 0.25) is 0 Å². The SMILES string of the molecule is N#CCNC(=O)CSc1ccc(N)cc1Br. The van der Waals surface area contributed by atoms with E-state index in [4.69, 9.17) is 11.0 Å². The number of halogens is 1. The first kappa shape index (κ1) is 12.9. The Balaban J connectivity index is 2.49. The van der Waals surface area contributed by atoms with Gasteiger partial charge in [-0.25, -0.2) is 0 Å². The molecule has 0 aliphatic rings. The summed E-state index contributed by atoms with van der Waals surface area (Å²) < 4.78 is 0.866. The number of nitrogen functional groups attached to an aromatic ring is 1. The zero-order valence-electron chi connectivity index (χ0n) is 8.37. The minimum atomic E-state index is -0.157. The Morgan fingerprint density at radius 2 is 2.38 bits per heavy atom. The molecule has 0 heterocycles. The highest BCUT2D eigenvalue weighted by Gasteiger charge is 2.05. The number of carbonyl (C=O) groups excluding carboxylic acids is 1. The van der Waals surface area contributed by atoms with Crippen molar-refractivity contribution in [2.75, 3.05) is 18.0 Å². The predicted molar refractivity (Wildman–Crippen MR) is 67.9 cm³/mol. The number of benzene rings is 1. The van der Waals surface area contributed by atoms with Gasteiger partial charge in [0, 0.05) is 15.1 Å². The van der Waals surface area contributed by atoms with Gasteiger partial charge in [-0.15, -0.1) is 11.8 Å². The molecular formula is C10H10BrN3OS. The van der Waals surface area contributed by atoms with Gasteiger partial charge in [0.2, 0.25) is 5.91 Å². The number of carbonyl (C=O) groups is 1. The first-order valence-electron chi connectivity index (χ1n) is 4.45. The first-order chi connectivity index (χ1) is 7.63. The molecule has 4 nitrogen and oxygen atoms in total. The molecule has 1 amide bonds. The van der Waals surface area contributed by atoms with Crippen LogP contribution in [0.4, 0.5) is 5.69 Å². The van der Waals surface area contributed by atoms with Crippen LogP contribution in [0.3, 0.4) is 0 Å². The van der Waals surface area contributed by atoms with Crippen LogP contribution in [0.15, 0.2) is 27.6 Å². The van der Waals surface area contributed by atoms with Crippen LogP contribution in [0.1, 0.15) is 0 Å². The van der Waals surface area contributed by atoms with Crippen LogP contribution in [-0.4, -0.2) is 18.2 Å². The summed E-state index contributed by atoms with van der Waals surface area (Å²) in [5.74, 6) is 0.125. The Morgan fingerprint density at radius 1 is 1.62 bits per heavy atom. The molecule has 0 fully saturated rings. The second kappa shape index (κ2) is 6.40. The van der Waals surface area contributed by atoms with Crippen molar-refractivity contribution in [3.8, 4) is 6.07 Å². The lowest BCUT2D eigenvalue weighted by Crippen LogP contribution is -2.25. The van der Waals surface area contributed by atoms with E-state index < -0.39 is 0 Å². The fourth-order valence-electron chi connectivity index (χ4n) is 0.967. The summed E-state index contributed by atoms with van der Waals surface area (Å²) in [4.78, 5) is 12.2. The average molecular weight is 300 g/mol. The highest BCUT2D eigenvalue weighted by molar-refractivity contribution is 9.10. The fourth-order valence-corrected chi connectivity index (χ4v) is 2.46. The van der Waals surface area contributed by atoms with Crippen molar-refractivity contribution in [2.45, 2.75) is 4.90 Å². The first-order valence-corrected chi connectivity index (χ1v) is 6.23. The van der Waals surface area contributed by atoms with E-state index in [1.165, 1.54) is 11.8 Å². The maximum absolute atomic E-state index is 11.2. The summed E-state index contributed by atoms with van der Waals surface area (Å²) in [6, 6.07) is 7.26. The number of nitrogens with one attached hydrogen (secondary N) is 1. The zero-order chi connectivity index (χ0) is 12.0. The molecule has 0 aliphatic carbocycles. The van der Waals surface area contributed by atoms with Gasteiger partial charge in [-0.1, -0.05) is 0 Å². The largest absolute Gasteiger partial charge is 0.399 e. The number of nitrogens with zero attached hydrogens (tertiary/aromatic N) is 1. The Hall–Kier alpha value is -1.19. The molecule has 0 saturated heterocycles. The van der Waals surface area contributed by atoms with Crippen LogP contribution in [0.5, 0.6) is 0 Å².